The summed E-state index contributed by atoms with van der Waals surface area (Å²) >= 11 is 0. The average Bonchev–Trinajstić information content (AvgIpc) is 3.07. The summed E-state index contributed by atoms with van der Waals surface area (Å²) in [6.45, 7) is 5.89. The number of hydrogen-bond donors (Lipinski definition) is 1. The number of rotatable bonds is 37. The number of benzene rings is 1. The minimum Gasteiger partial charge on any atom is -0.305 e. The summed E-state index contributed by atoms with van der Waals surface area (Å²) in [4.78, 5) is 1.59. The van der Waals surface area contributed by atoms with E-state index >= 15 is 0 Å². The van der Waals surface area contributed by atoms with Gasteiger partial charge in [-0.25, -0.2) is 0 Å². The first-order valence-corrected chi connectivity index (χ1v) is 21.7. The van der Waals surface area contributed by atoms with E-state index in [0.717, 1.165) is 0 Å². The number of hydrogen-bond acceptors (Lipinski definition) is 0. The first-order valence-electron chi connectivity index (χ1n) is 21.7. The molecule has 0 aliphatic carbocycles. The fraction of sp³-hybridized carbons (Fsp3) is 0.867. The lowest BCUT2D eigenvalue weighted by Crippen LogP contribution is -3.03. The Balaban J connectivity index is 1.85. The maximum atomic E-state index is 2.40. The van der Waals surface area contributed by atoms with Crippen LogP contribution in [0.2, 0.25) is 0 Å². The highest BCUT2D eigenvalue weighted by molar-refractivity contribution is 5.32. The minimum atomic E-state index is 1.26. The van der Waals surface area contributed by atoms with Crippen LogP contribution >= 0.6 is 0 Å². The molecule has 46 heavy (non-hydrogen) atoms. The largest absolute Gasteiger partial charge is 0.305 e. The Morgan fingerprint density at radius 1 is 0.326 bits per heavy atom. The lowest BCUT2D eigenvalue weighted by molar-refractivity contribution is -0.810. The van der Waals surface area contributed by atoms with Gasteiger partial charge in [0.25, 0.3) is 0 Å². The van der Waals surface area contributed by atoms with Crippen LogP contribution in [-0.4, -0.2) is 13.6 Å². The summed E-state index contributed by atoms with van der Waals surface area (Å²) in [6.07, 6.45) is 50.6. The van der Waals surface area contributed by atoms with Gasteiger partial charge < -0.3 is 4.90 Å². The number of quaternary nitrogens is 1. The number of unbranched alkanes of at least 4 members (excludes halogenated alkanes) is 32. The van der Waals surface area contributed by atoms with Gasteiger partial charge in [-0.05, 0) is 43.4 Å². The van der Waals surface area contributed by atoms with Crippen molar-refractivity contribution in [3.63, 3.8) is 0 Å². The molecular formula is C45H86N+. The van der Waals surface area contributed by atoms with E-state index in [1.807, 2.05) is 0 Å². The molecule has 0 saturated heterocycles. The molecule has 1 N–H and O–H groups in total. The van der Waals surface area contributed by atoms with E-state index in [9.17, 15) is 0 Å². The van der Waals surface area contributed by atoms with E-state index in [-0.39, 0.29) is 0 Å². The van der Waals surface area contributed by atoms with Crippen molar-refractivity contribution in [2.24, 2.45) is 0 Å². The lowest BCUT2D eigenvalue weighted by atomic mass is 10.0. The zero-order valence-electron chi connectivity index (χ0n) is 32.3. The summed E-state index contributed by atoms with van der Waals surface area (Å²) in [6, 6.07) is 9.59. The van der Waals surface area contributed by atoms with E-state index < -0.39 is 0 Å². The third-order valence-electron chi connectivity index (χ3n) is 10.7. The molecule has 1 heteroatoms. The van der Waals surface area contributed by atoms with Gasteiger partial charge in [0.15, 0.2) is 0 Å². The molecule has 1 rings (SSSR count). The van der Waals surface area contributed by atoms with Crippen molar-refractivity contribution in [2.45, 2.75) is 239 Å². The minimum absolute atomic E-state index is 1.26. The quantitative estimate of drug-likeness (QED) is 0.0690. The van der Waals surface area contributed by atoms with Gasteiger partial charge in [0.2, 0.25) is 0 Å². The standard InChI is InChI=1S/C45H85N/c1-4-6-8-10-12-14-16-18-20-22-23-24-26-28-30-32-34-36-38-44-39-41-45(42-40-44)46(3)43-37-35-33-31-29-27-25-21-19-17-15-13-11-9-7-5-2/h39-42H,4-38,43H2,1-3H3/p+1. The maximum absolute atomic E-state index is 2.40. The molecule has 0 saturated carbocycles. The Morgan fingerprint density at radius 3 is 0.891 bits per heavy atom. The third kappa shape index (κ3) is 29.3. The van der Waals surface area contributed by atoms with Gasteiger partial charge in [-0.15, -0.1) is 0 Å². The zero-order chi connectivity index (χ0) is 33.0. The van der Waals surface area contributed by atoms with Crippen molar-refractivity contribution in [1.82, 2.24) is 0 Å². The SMILES string of the molecule is CCCCCCCCCCCCCCCCCCCCc1ccc([NH+](C)CCCCCCCCCCCCCCCCCC)cc1. The molecule has 0 fully saturated rings. The Bertz CT molecular complexity index is 693. The summed E-state index contributed by atoms with van der Waals surface area (Å²) in [5.41, 5.74) is 3.01. The molecule has 0 spiro atoms. The number of nitrogens with one attached hydrogen (secondary N) is 1. The molecule has 0 heterocycles. The molecule has 1 aromatic rings. The van der Waals surface area contributed by atoms with Gasteiger partial charge in [-0.2, -0.15) is 0 Å². The van der Waals surface area contributed by atoms with Gasteiger partial charge in [0.1, 0.15) is 5.69 Å². The van der Waals surface area contributed by atoms with Crippen LogP contribution in [0.15, 0.2) is 24.3 Å². The average molecular weight is 641 g/mol. The first kappa shape index (κ1) is 43.2. The Hall–Kier alpha value is -0.820. The van der Waals surface area contributed by atoms with E-state index in [1.165, 1.54) is 243 Å². The predicted molar refractivity (Wildman–Crippen MR) is 210 cm³/mol. The fourth-order valence-electron chi connectivity index (χ4n) is 7.27. The summed E-state index contributed by atoms with van der Waals surface area (Å²) in [7, 11) is 2.36. The molecule has 0 radical (unpaired) electrons. The molecule has 0 aliphatic heterocycles. The highest BCUT2D eigenvalue weighted by Gasteiger charge is 2.06. The van der Waals surface area contributed by atoms with E-state index in [2.05, 4.69) is 45.2 Å². The highest BCUT2D eigenvalue weighted by atomic mass is 15.1. The second-order valence-electron chi connectivity index (χ2n) is 15.3. The first-order chi connectivity index (χ1) is 22.8. The summed E-state index contributed by atoms with van der Waals surface area (Å²) < 4.78 is 0. The third-order valence-corrected chi connectivity index (χ3v) is 10.7. The second-order valence-corrected chi connectivity index (χ2v) is 15.3. The molecule has 0 bridgehead atoms. The highest BCUT2D eigenvalue weighted by Crippen LogP contribution is 2.16. The maximum Gasteiger partial charge on any atom is 0.130 e. The summed E-state index contributed by atoms with van der Waals surface area (Å²) in [5, 5.41) is 0. The van der Waals surface area contributed by atoms with Gasteiger partial charge in [-0.3, -0.25) is 0 Å². The van der Waals surface area contributed by atoms with Crippen LogP contribution < -0.4 is 4.90 Å². The van der Waals surface area contributed by atoms with Crippen molar-refractivity contribution in [2.75, 3.05) is 13.6 Å². The smallest absolute Gasteiger partial charge is 0.130 e. The van der Waals surface area contributed by atoms with Crippen LogP contribution in [0, 0.1) is 0 Å². The Kier molecular flexibility index (Phi) is 33.3. The molecule has 0 aliphatic rings. The predicted octanol–water partition coefficient (Wildman–Crippen LogP) is 14.7. The van der Waals surface area contributed by atoms with Crippen molar-refractivity contribution < 1.29 is 4.90 Å². The molecule has 0 amide bonds. The molecule has 1 unspecified atom stereocenters. The Morgan fingerprint density at radius 2 is 0.587 bits per heavy atom. The van der Waals surface area contributed by atoms with Crippen LogP contribution in [0.1, 0.15) is 238 Å². The van der Waals surface area contributed by atoms with Crippen molar-refractivity contribution >= 4 is 5.69 Å². The second kappa shape index (κ2) is 35.5. The van der Waals surface area contributed by atoms with Gasteiger partial charge in [0, 0.05) is 0 Å². The molecule has 270 valence electrons. The lowest BCUT2D eigenvalue weighted by Gasteiger charge is -2.14. The van der Waals surface area contributed by atoms with Crippen LogP contribution in [0.25, 0.3) is 0 Å². The van der Waals surface area contributed by atoms with E-state index in [0.29, 0.717) is 0 Å². The van der Waals surface area contributed by atoms with Crippen LogP contribution in [-0.2, 0) is 6.42 Å². The van der Waals surface area contributed by atoms with Gasteiger partial charge in [0.05, 0.1) is 13.6 Å². The van der Waals surface area contributed by atoms with Crippen LogP contribution in [0.3, 0.4) is 0 Å². The topological polar surface area (TPSA) is 4.44 Å². The number of aryl methyl sites for hydroxylation is 1. The van der Waals surface area contributed by atoms with E-state index in [4.69, 9.17) is 0 Å². The fourth-order valence-corrected chi connectivity index (χ4v) is 7.27. The van der Waals surface area contributed by atoms with Crippen molar-refractivity contribution in [3.05, 3.63) is 29.8 Å². The summed E-state index contributed by atoms with van der Waals surface area (Å²) in [5.74, 6) is 0. The van der Waals surface area contributed by atoms with Crippen molar-refractivity contribution in [1.29, 1.82) is 0 Å². The van der Waals surface area contributed by atoms with Crippen LogP contribution in [0.5, 0.6) is 0 Å². The molecule has 1 aromatic carbocycles. The van der Waals surface area contributed by atoms with Crippen LogP contribution in [0.4, 0.5) is 5.69 Å². The van der Waals surface area contributed by atoms with Gasteiger partial charge >= 0.3 is 0 Å². The van der Waals surface area contributed by atoms with Gasteiger partial charge in [-0.1, -0.05) is 225 Å². The Labute approximate surface area is 291 Å². The molecular weight excluding hydrogens is 555 g/mol. The van der Waals surface area contributed by atoms with E-state index in [1.54, 1.807) is 4.90 Å². The monoisotopic (exact) mass is 641 g/mol. The van der Waals surface area contributed by atoms with Crippen molar-refractivity contribution in [3.8, 4) is 0 Å². The molecule has 1 atom stereocenters. The normalized spacial score (nSPS) is 12.2. The molecule has 1 nitrogen and oxygen atoms in total. The zero-order valence-corrected chi connectivity index (χ0v) is 32.3. The molecule has 0 aromatic heterocycles.